The van der Waals surface area contributed by atoms with Crippen molar-refractivity contribution in [1.82, 2.24) is 4.57 Å². The largest absolute Gasteiger partial charge is 0.455 e. The van der Waals surface area contributed by atoms with Crippen LogP contribution in [0.2, 0.25) is 0 Å². The highest BCUT2D eigenvalue weighted by atomic mass is 16.3. The average Bonchev–Trinajstić information content (AvgIpc) is 2.14. The lowest BCUT2D eigenvalue weighted by Crippen LogP contribution is -2.15. The maximum absolute atomic E-state index is 6.55. The first kappa shape index (κ1) is 48.7. The summed E-state index contributed by atoms with van der Waals surface area (Å²) in [6.45, 7) is 4.81. The second-order valence-electron chi connectivity index (χ2n) is 23.1. The summed E-state index contributed by atoms with van der Waals surface area (Å²) in [6, 6.07) is 106. The number of benzene rings is 13. The minimum Gasteiger partial charge on any atom is -0.455 e. The third-order valence-corrected chi connectivity index (χ3v) is 18.0. The normalized spacial score (nSPS) is 12.7. The molecule has 0 spiro atoms. The van der Waals surface area contributed by atoms with Gasteiger partial charge in [0.25, 0.3) is 0 Å². The quantitative estimate of drug-likeness (QED) is 0.144. The number of hydrogen-bond acceptors (Lipinski definition) is 3. The average molecular weight is 1090 g/mol. The monoisotopic (exact) mass is 1090 g/mol. The predicted molar refractivity (Wildman–Crippen MR) is 355 cm³/mol. The van der Waals surface area contributed by atoms with Gasteiger partial charge in [-0.05, 0) is 134 Å². The topological polar surface area (TPSA) is 34.5 Å². The summed E-state index contributed by atoms with van der Waals surface area (Å²) >= 11 is 0. The molecule has 0 saturated carbocycles. The van der Waals surface area contributed by atoms with Crippen LogP contribution in [0, 0.1) is 0 Å². The molecule has 1 aliphatic carbocycles. The lowest BCUT2D eigenvalue weighted by Gasteiger charge is -2.28. The van der Waals surface area contributed by atoms with Gasteiger partial charge in [-0.15, -0.1) is 0 Å². The van der Waals surface area contributed by atoms with E-state index in [1.807, 2.05) is 24.3 Å². The highest BCUT2D eigenvalue weighted by Gasteiger charge is 2.38. The number of furan rings is 2. The Morgan fingerprint density at radius 3 is 1.40 bits per heavy atom. The van der Waals surface area contributed by atoms with Crippen molar-refractivity contribution in [3.63, 3.8) is 0 Å². The molecule has 0 saturated heterocycles. The zero-order valence-corrected chi connectivity index (χ0v) is 46.9. The Kier molecular flexibility index (Phi) is 10.9. The molecule has 0 radical (unpaired) electrons. The van der Waals surface area contributed by atoms with Crippen LogP contribution < -0.4 is 4.90 Å². The van der Waals surface area contributed by atoms with Crippen LogP contribution in [0.25, 0.3) is 138 Å². The third-order valence-electron chi connectivity index (χ3n) is 18.0. The second kappa shape index (κ2) is 19.1. The number of hydrogen-bond donors (Lipinski definition) is 0. The maximum Gasteiger partial charge on any atom is 0.143 e. The van der Waals surface area contributed by atoms with Gasteiger partial charge < -0.3 is 18.3 Å². The van der Waals surface area contributed by atoms with Gasteiger partial charge in [0.1, 0.15) is 22.3 Å². The first-order valence-corrected chi connectivity index (χ1v) is 29.3. The predicted octanol–water partition coefficient (Wildman–Crippen LogP) is 22.7. The van der Waals surface area contributed by atoms with E-state index in [1.165, 1.54) is 72.1 Å². The summed E-state index contributed by atoms with van der Waals surface area (Å²) < 4.78 is 15.6. The number of nitrogens with zero attached hydrogens (tertiary/aromatic N) is 2. The molecule has 0 bridgehead atoms. The first-order valence-electron chi connectivity index (χ1n) is 29.3. The Labute approximate surface area is 492 Å². The van der Waals surface area contributed by atoms with Gasteiger partial charge in [-0.1, -0.05) is 232 Å². The highest BCUT2D eigenvalue weighted by Crippen LogP contribution is 2.54. The van der Waals surface area contributed by atoms with Crippen LogP contribution in [0.15, 0.2) is 300 Å². The van der Waals surface area contributed by atoms with Crippen LogP contribution in [0.5, 0.6) is 0 Å². The van der Waals surface area contributed by atoms with Gasteiger partial charge >= 0.3 is 0 Å². The highest BCUT2D eigenvalue weighted by molar-refractivity contribution is 6.13. The fraction of sp³-hybridized carbons (Fsp3) is 0.0370. The molecule has 4 heteroatoms. The molecule has 3 heterocycles. The van der Waals surface area contributed by atoms with Gasteiger partial charge in [0.05, 0.1) is 16.9 Å². The molecule has 16 aromatic rings. The molecule has 13 aromatic carbocycles. The first-order chi connectivity index (χ1) is 41.9. The summed E-state index contributed by atoms with van der Waals surface area (Å²) in [5, 5.41) is 8.06. The molecule has 0 unspecified atom stereocenters. The van der Waals surface area contributed by atoms with Crippen LogP contribution >= 0.6 is 0 Å². The van der Waals surface area contributed by atoms with E-state index < -0.39 is 0 Å². The summed E-state index contributed by atoms with van der Waals surface area (Å²) in [5.41, 5.74) is 25.5. The lowest BCUT2D eigenvalue weighted by molar-refractivity contribution is 0.661. The standard InChI is InChI=1S/C81H54N2O2/c1-81(2)71-48-55(40-45-63(71)69-49-70-74(50-72(69)81)83(56-24-10-5-11-25-56)78(54-22-8-4-9-23-54)77(70)53-20-6-3-7-21-53)59-46-47-73(64-27-13-12-26-62(59)64)82(57-41-36-51(37-42-57)60-30-18-32-67-65-28-14-16-34-75(65)84-79(60)67)58-43-38-52(39-44-58)61-31-19-33-68-66-29-15-17-35-76(66)85-80(61)68/h3-50H,1-2H3. The van der Waals surface area contributed by atoms with E-state index in [0.29, 0.717) is 0 Å². The molecule has 0 aliphatic heterocycles. The Hall–Kier alpha value is -10.9. The van der Waals surface area contributed by atoms with Crippen molar-refractivity contribution < 1.29 is 8.83 Å². The fourth-order valence-corrected chi connectivity index (χ4v) is 14.0. The molecular formula is C81H54N2O2. The van der Waals surface area contributed by atoms with Crippen LogP contribution in [-0.2, 0) is 5.41 Å². The molecule has 0 N–H and O–H groups in total. The Balaban J connectivity index is 0.801. The number of para-hydroxylation sites is 5. The third kappa shape index (κ3) is 7.62. The molecule has 3 aromatic heterocycles. The molecule has 0 atom stereocenters. The molecule has 17 rings (SSSR count). The van der Waals surface area contributed by atoms with Crippen molar-refractivity contribution in [3.8, 4) is 72.6 Å². The van der Waals surface area contributed by atoms with E-state index in [9.17, 15) is 0 Å². The van der Waals surface area contributed by atoms with E-state index in [4.69, 9.17) is 8.83 Å². The van der Waals surface area contributed by atoms with E-state index in [0.717, 1.165) is 94.3 Å². The number of anilines is 3. The molecular weight excluding hydrogens is 1030 g/mol. The maximum atomic E-state index is 6.55. The molecule has 400 valence electrons. The molecule has 85 heavy (non-hydrogen) atoms. The van der Waals surface area contributed by atoms with Crippen molar-refractivity contribution in [2.45, 2.75) is 19.3 Å². The molecule has 0 amide bonds. The zero-order chi connectivity index (χ0) is 56.3. The molecule has 4 nitrogen and oxygen atoms in total. The summed E-state index contributed by atoms with van der Waals surface area (Å²) in [7, 11) is 0. The minimum atomic E-state index is -0.294. The number of aromatic nitrogens is 1. The van der Waals surface area contributed by atoms with Gasteiger partial charge in [-0.2, -0.15) is 0 Å². The molecule has 1 aliphatic rings. The van der Waals surface area contributed by atoms with E-state index >= 15 is 0 Å². The van der Waals surface area contributed by atoms with Crippen molar-refractivity contribution >= 4 is 82.6 Å². The Bertz CT molecular complexity index is 5140. The Morgan fingerprint density at radius 2 is 0.800 bits per heavy atom. The van der Waals surface area contributed by atoms with E-state index in [-0.39, 0.29) is 5.41 Å². The van der Waals surface area contributed by atoms with Crippen LogP contribution in [0.4, 0.5) is 17.1 Å². The van der Waals surface area contributed by atoms with Gasteiger partial charge in [0.15, 0.2) is 0 Å². The van der Waals surface area contributed by atoms with Crippen molar-refractivity contribution in [3.05, 3.63) is 302 Å². The van der Waals surface area contributed by atoms with Crippen molar-refractivity contribution in [2.24, 2.45) is 0 Å². The fourth-order valence-electron chi connectivity index (χ4n) is 14.0. The van der Waals surface area contributed by atoms with Gasteiger partial charge in [0, 0.05) is 71.5 Å². The lowest BCUT2D eigenvalue weighted by atomic mass is 9.81. The summed E-state index contributed by atoms with van der Waals surface area (Å²) in [5.74, 6) is 0. The van der Waals surface area contributed by atoms with Crippen molar-refractivity contribution in [2.75, 3.05) is 4.90 Å². The second-order valence-corrected chi connectivity index (χ2v) is 23.1. The molecule has 0 fully saturated rings. The minimum absolute atomic E-state index is 0.294. The summed E-state index contributed by atoms with van der Waals surface area (Å²) in [6.07, 6.45) is 0. The van der Waals surface area contributed by atoms with Crippen LogP contribution in [0.3, 0.4) is 0 Å². The SMILES string of the molecule is CC1(C)c2cc(-c3ccc(N(c4ccc(-c5cccc6c5oc5ccccc56)cc4)c4ccc(-c5cccc6c5oc5ccccc56)cc4)c4ccccc34)ccc2-c2cc3c(-c4ccccc4)c(-c4ccccc4)n(-c4ccccc4)c3cc21. The van der Waals surface area contributed by atoms with Gasteiger partial charge in [0.2, 0.25) is 0 Å². The van der Waals surface area contributed by atoms with Gasteiger partial charge in [-0.3, -0.25) is 0 Å². The summed E-state index contributed by atoms with van der Waals surface area (Å²) in [4.78, 5) is 2.41. The smallest absolute Gasteiger partial charge is 0.143 e. The Morgan fingerprint density at radius 1 is 0.318 bits per heavy atom. The number of rotatable bonds is 9. The van der Waals surface area contributed by atoms with Crippen molar-refractivity contribution in [1.29, 1.82) is 0 Å². The van der Waals surface area contributed by atoms with Crippen LogP contribution in [0.1, 0.15) is 25.0 Å². The van der Waals surface area contributed by atoms with E-state index in [2.05, 4.69) is 290 Å². The van der Waals surface area contributed by atoms with Crippen LogP contribution in [-0.4, -0.2) is 4.57 Å². The zero-order valence-electron chi connectivity index (χ0n) is 46.9. The van der Waals surface area contributed by atoms with Gasteiger partial charge in [-0.25, -0.2) is 0 Å². The van der Waals surface area contributed by atoms with E-state index in [1.54, 1.807) is 0 Å². The number of fused-ring (bicyclic) bond motifs is 11.